The smallest absolute Gasteiger partial charge is 0.234 e. The number of aromatic nitrogens is 4. The highest BCUT2D eigenvalue weighted by atomic mass is 32.2. The monoisotopic (exact) mass is 423 g/mol. The molecule has 1 N–H and O–H groups in total. The van der Waals surface area contributed by atoms with E-state index in [9.17, 15) is 9.18 Å². The first-order chi connectivity index (χ1) is 14.6. The third-order valence-corrected chi connectivity index (χ3v) is 5.05. The fourth-order valence-electron chi connectivity index (χ4n) is 2.83. The van der Waals surface area contributed by atoms with Crippen LogP contribution in [0.3, 0.4) is 0 Å². The van der Waals surface area contributed by atoms with Crippen LogP contribution in [0.2, 0.25) is 0 Å². The number of hydrogen-bond donors (Lipinski definition) is 1. The number of nitrogens with one attached hydrogen (secondary N) is 1. The quantitative estimate of drug-likeness (QED) is 0.452. The first kappa shape index (κ1) is 19.8. The van der Waals surface area contributed by atoms with E-state index in [2.05, 4.69) is 20.6 Å². The molecule has 7 nitrogen and oxygen atoms in total. The van der Waals surface area contributed by atoms with Crippen molar-refractivity contribution in [2.75, 3.05) is 17.7 Å². The maximum Gasteiger partial charge on any atom is 0.234 e. The van der Waals surface area contributed by atoms with Crippen molar-refractivity contribution in [2.24, 2.45) is 0 Å². The van der Waals surface area contributed by atoms with Gasteiger partial charge in [0.2, 0.25) is 5.91 Å². The number of nitrogens with zero attached hydrogens (tertiary/aromatic N) is 4. The van der Waals surface area contributed by atoms with Crippen LogP contribution in [0.5, 0.6) is 5.75 Å². The lowest BCUT2D eigenvalue weighted by Crippen LogP contribution is -2.15. The SMILES string of the molecule is CCOc1ccccc1NC(=O)CSc1ccc2nnc(-c3cccc(F)c3)n2n1. The Morgan fingerprint density at radius 1 is 1.13 bits per heavy atom. The van der Waals surface area contributed by atoms with E-state index in [1.807, 2.05) is 25.1 Å². The molecular formula is C21H18FN5O2S. The molecule has 0 fully saturated rings. The van der Waals surface area contributed by atoms with Crippen LogP contribution in [-0.2, 0) is 4.79 Å². The largest absolute Gasteiger partial charge is 0.492 e. The third-order valence-electron chi connectivity index (χ3n) is 4.13. The number of halogens is 1. The molecule has 0 unspecified atom stereocenters. The normalized spacial score (nSPS) is 10.9. The van der Waals surface area contributed by atoms with Gasteiger partial charge in [-0.15, -0.1) is 10.2 Å². The molecule has 4 aromatic rings. The molecule has 0 aliphatic carbocycles. The lowest BCUT2D eigenvalue weighted by Gasteiger charge is -2.11. The van der Waals surface area contributed by atoms with E-state index >= 15 is 0 Å². The van der Waals surface area contributed by atoms with Crippen LogP contribution in [0.1, 0.15) is 6.92 Å². The number of fused-ring (bicyclic) bond motifs is 1. The van der Waals surface area contributed by atoms with Gasteiger partial charge in [0.05, 0.1) is 18.0 Å². The van der Waals surface area contributed by atoms with Crippen LogP contribution >= 0.6 is 11.8 Å². The van der Waals surface area contributed by atoms with Crippen molar-refractivity contribution < 1.29 is 13.9 Å². The summed E-state index contributed by atoms with van der Waals surface area (Å²) in [4.78, 5) is 12.4. The first-order valence-electron chi connectivity index (χ1n) is 9.27. The molecule has 1 amide bonds. The van der Waals surface area contributed by atoms with Gasteiger partial charge in [0.15, 0.2) is 11.5 Å². The zero-order chi connectivity index (χ0) is 20.9. The Labute approximate surface area is 176 Å². The summed E-state index contributed by atoms with van der Waals surface area (Å²) in [5.74, 6) is 0.683. The summed E-state index contributed by atoms with van der Waals surface area (Å²) in [6.07, 6.45) is 0. The van der Waals surface area contributed by atoms with Gasteiger partial charge in [-0.3, -0.25) is 4.79 Å². The molecule has 9 heteroatoms. The summed E-state index contributed by atoms with van der Waals surface area (Å²) in [6.45, 7) is 2.40. The molecule has 0 radical (unpaired) electrons. The Kier molecular flexibility index (Phi) is 5.89. The molecular weight excluding hydrogens is 405 g/mol. The molecule has 0 saturated heterocycles. The fourth-order valence-corrected chi connectivity index (χ4v) is 3.49. The van der Waals surface area contributed by atoms with Gasteiger partial charge in [-0.25, -0.2) is 4.39 Å². The van der Waals surface area contributed by atoms with Crippen molar-refractivity contribution in [3.05, 3.63) is 66.5 Å². The Morgan fingerprint density at radius 2 is 2.00 bits per heavy atom. The molecule has 0 atom stereocenters. The molecule has 0 aliphatic heterocycles. The predicted molar refractivity (Wildman–Crippen MR) is 113 cm³/mol. The standard InChI is InChI=1S/C21H18FN5O2S/c1-2-29-17-9-4-3-8-16(17)23-19(28)13-30-20-11-10-18-24-25-21(27(18)26-20)14-6-5-7-15(22)12-14/h3-12H,2,13H2,1H3,(H,23,28). The van der Waals surface area contributed by atoms with E-state index in [4.69, 9.17) is 4.74 Å². The highest BCUT2D eigenvalue weighted by Gasteiger charge is 2.12. The molecule has 0 bridgehead atoms. The molecule has 2 heterocycles. The van der Waals surface area contributed by atoms with E-state index in [-0.39, 0.29) is 17.5 Å². The van der Waals surface area contributed by atoms with Gasteiger partial charge in [0, 0.05) is 5.56 Å². The number of benzene rings is 2. The highest BCUT2D eigenvalue weighted by Crippen LogP contribution is 2.25. The number of anilines is 1. The Morgan fingerprint density at radius 3 is 2.83 bits per heavy atom. The van der Waals surface area contributed by atoms with Crippen LogP contribution in [-0.4, -0.2) is 38.1 Å². The van der Waals surface area contributed by atoms with Crippen LogP contribution in [0.25, 0.3) is 17.0 Å². The zero-order valence-corrected chi connectivity index (χ0v) is 16.9. The van der Waals surface area contributed by atoms with Gasteiger partial charge in [0.1, 0.15) is 16.6 Å². The number of hydrogen-bond acceptors (Lipinski definition) is 6. The lowest BCUT2D eigenvalue weighted by molar-refractivity contribution is -0.113. The molecule has 2 aromatic heterocycles. The minimum Gasteiger partial charge on any atom is -0.492 e. The number of ether oxygens (including phenoxy) is 1. The summed E-state index contributed by atoms with van der Waals surface area (Å²) >= 11 is 1.28. The minimum atomic E-state index is -0.362. The van der Waals surface area contributed by atoms with Crippen LogP contribution in [0.4, 0.5) is 10.1 Å². The predicted octanol–water partition coefficient (Wildman–Crippen LogP) is 4.06. The highest BCUT2D eigenvalue weighted by molar-refractivity contribution is 7.99. The molecule has 2 aromatic carbocycles. The van der Waals surface area contributed by atoms with Gasteiger partial charge in [0.25, 0.3) is 0 Å². The molecule has 4 rings (SSSR count). The van der Waals surface area contributed by atoms with Crippen molar-refractivity contribution in [3.63, 3.8) is 0 Å². The maximum atomic E-state index is 13.6. The van der Waals surface area contributed by atoms with Crippen molar-refractivity contribution in [1.29, 1.82) is 0 Å². The Balaban J connectivity index is 1.48. The van der Waals surface area contributed by atoms with Crippen molar-refractivity contribution in [2.45, 2.75) is 11.9 Å². The van der Waals surface area contributed by atoms with Gasteiger partial charge < -0.3 is 10.1 Å². The summed E-state index contributed by atoms with van der Waals surface area (Å²) < 4.78 is 20.6. The Hall–Kier alpha value is -3.46. The van der Waals surface area contributed by atoms with E-state index in [1.54, 1.807) is 34.8 Å². The summed E-state index contributed by atoms with van der Waals surface area (Å²) in [5.41, 5.74) is 1.73. The van der Waals surface area contributed by atoms with E-state index in [0.717, 1.165) is 0 Å². The van der Waals surface area contributed by atoms with Crippen LogP contribution in [0, 0.1) is 5.82 Å². The topological polar surface area (TPSA) is 81.4 Å². The second kappa shape index (κ2) is 8.91. The van der Waals surface area contributed by atoms with Gasteiger partial charge >= 0.3 is 0 Å². The lowest BCUT2D eigenvalue weighted by atomic mass is 10.2. The van der Waals surface area contributed by atoms with Gasteiger partial charge in [-0.2, -0.15) is 9.61 Å². The molecule has 152 valence electrons. The van der Waals surface area contributed by atoms with Crippen molar-refractivity contribution in [1.82, 2.24) is 19.8 Å². The second-order valence-electron chi connectivity index (χ2n) is 6.24. The number of thioether (sulfide) groups is 1. The van der Waals surface area contributed by atoms with Crippen molar-refractivity contribution >= 4 is 29.0 Å². The van der Waals surface area contributed by atoms with Crippen LogP contribution < -0.4 is 10.1 Å². The number of amides is 1. The second-order valence-corrected chi connectivity index (χ2v) is 7.24. The molecule has 0 aliphatic rings. The number of rotatable bonds is 7. The summed E-state index contributed by atoms with van der Waals surface area (Å²) in [7, 11) is 0. The van der Waals surface area contributed by atoms with E-state index in [1.165, 1.54) is 23.9 Å². The molecule has 30 heavy (non-hydrogen) atoms. The number of carbonyl (C=O) groups excluding carboxylic acids is 1. The minimum absolute atomic E-state index is 0.163. The van der Waals surface area contributed by atoms with Crippen LogP contribution in [0.15, 0.2) is 65.7 Å². The average molecular weight is 423 g/mol. The molecule has 0 saturated carbocycles. The zero-order valence-electron chi connectivity index (χ0n) is 16.1. The summed E-state index contributed by atoms with van der Waals surface area (Å²) in [5, 5.41) is 16.1. The van der Waals surface area contributed by atoms with Crippen molar-refractivity contribution in [3.8, 4) is 17.1 Å². The van der Waals surface area contributed by atoms with E-state index < -0.39 is 0 Å². The number of para-hydroxylation sites is 2. The van der Waals surface area contributed by atoms with Gasteiger partial charge in [-0.1, -0.05) is 36.0 Å². The fraction of sp³-hybridized carbons (Fsp3) is 0.143. The molecule has 0 spiro atoms. The van der Waals surface area contributed by atoms with Gasteiger partial charge in [-0.05, 0) is 43.3 Å². The summed E-state index contributed by atoms with van der Waals surface area (Å²) in [6, 6.07) is 16.9. The first-order valence-corrected chi connectivity index (χ1v) is 10.3. The maximum absolute atomic E-state index is 13.6. The number of carbonyl (C=O) groups is 1. The van der Waals surface area contributed by atoms with E-state index in [0.29, 0.717) is 40.1 Å². The average Bonchev–Trinajstić information content (AvgIpc) is 3.17. The third kappa shape index (κ3) is 4.41. The Bertz CT molecular complexity index is 1200.